The van der Waals surface area contributed by atoms with Crippen molar-refractivity contribution in [1.82, 2.24) is 57.7 Å². The van der Waals surface area contributed by atoms with E-state index in [9.17, 15) is 57.8 Å². The highest BCUT2D eigenvalue weighted by Gasteiger charge is 2.41. The Bertz CT molecular complexity index is 2990. The highest BCUT2D eigenvalue weighted by Crippen LogP contribution is 2.25. The number of aromatic amines is 1. The molecule has 3 aliphatic heterocycles. The predicted octanol–water partition coefficient (Wildman–Crippen LogP) is -3.39. The van der Waals surface area contributed by atoms with E-state index in [1.54, 1.807) is 42.6 Å². The van der Waals surface area contributed by atoms with Gasteiger partial charge in [-0.05, 0) is 62.6 Å². The number of imide groups is 1. The third-order valence-corrected chi connectivity index (χ3v) is 16.2. The molecule has 4 heterocycles. The van der Waals surface area contributed by atoms with Crippen molar-refractivity contribution in [3.63, 3.8) is 0 Å². The lowest BCUT2D eigenvalue weighted by molar-refractivity contribution is -0.139. The van der Waals surface area contributed by atoms with Gasteiger partial charge in [-0.3, -0.25) is 67.8 Å². The summed E-state index contributed by atoms with van der Waals surface area (Å²) in [6.07, 6.45) is 1.37. The molecule has 0 aliphatic carbocycles. The normalized spacial score (nSPS) is 23.4. The van der Waals surface area contributed by atoms with Crippen LogP contribution in [-0.4, -0.2) is 190 Å². The van der Waals surface area contributed by atoms with Crippen LogP contribution in [0.5, 0.6) is 0 Å². The molecule has 1 aromatic heterocycles. The summed E-state index contributed by atoms with van der Waals surface area (Å²) in [6, 6.07) is 2.51. The third-order valence-electron chi connectivity index (χ3n) is 13.8. The molecule has 0 radical (unpaired) electrons. The number of ketones is 1. The minimum absolute atomic E-state index is 0.0113. The summed E-state index contributed by atoms with van der Waals surface area (Å²) in [5, 5.41) is 34.7. The number of carboxylic acid groups (broad SMARTS) is 1. The molecule has 30 nitrogen and oxygen atoms in total. The zero-order valence-electron chi connectivity index (χ0n) is 46.5. The number of aromatic nitrogens is 1. The van der Waals surface area contributed by atoms with Gasteiger partial charge in [0.2, 0.25) is 41.4 Å². The fourth-order valence-corrected chi connectivity index (χ4v) is 11.8. The second-order valence-corrected chi connectivity index (χ2v) is 22.8. The van der Waals surface area contributed by atoms with Crippen LogP contribution in [0.1, 0.15) is 63.0 Å². The van der Waals surface area contributed by atoms with E-state index in [2.05, 4.69) is 67.8 Å². The van der Waals surface area contributed by atoms with Gasteiger partial charge in [0.05, 0.1) is 25.5 Å². The van der Waals surface area contributed by atoms with E-state index >= 15 is 0 Å². The number of urea groups is 1. The molecule has 3 aliphatic rings. The number of H-pyrrole nitrogens is 1. The standard InChI is InChI=1S/C53H72N18O12S2/c1-28(72)39-25-84-85-26-40(70-50(82)41(14-8-18-60-52(56)57)71-42(73)24-62-53(71)83)49(81)65-35(15-16-43(74)75)45(77)68-38(21-31-23-58-27-63-31)48(80)66-36(19-29-9-3-2-4-10-29)46(78)64-34(13-7-17-59-51(54)55)44(76)67-37(47(79)69-39)20-30-22-61-33-12-6-5-11-32(30)33/h2-6,9-12,22,27,31,34-41,61H,7-8,13-21,23-26H2,1H3,(H,58,63)(H,62,83)(H,64,78)(H,65,81)(H,66,80)(H,67,76)(H,68,77)(H,69,79)(H,70,82)(H,74,75)(H4,54,55,59)(H4,56,57,60)/t31?,34-,35-,36+,37-,38-,39-,40-,41+/m0/s1. The lowest BCUT2D eigenvalue weighted by atomic mass is 10.0. The van der Waals surface area contributed by atoms with Crippen molar-refractivity contribution in [2.24, 2.45) is 37.9 Å². The largest absolute Gasteiger partial charge is 0.481 e. The second kappa shape index (κ2) is 32.2. The highest BCUT2D eigenvalue weighted by atomic mass is 33.1. The van der Waals surface area contributed by atoms with Gasteiger partial charge in [0.25, 0.3) is 5.91 Å². The number of nitrogens with two attached hydrogens (primary N) is 4. The first-order chi connectivity index (χ1) is 40.7. The topological polar surface area (TPSA) is 476 Å². The summed E-state index contributed by atoms with van der Waals surface area (Å²) in [4.78, 5) is 170. The number of nitrogens with one attached hydrogen (secondary N) is 10. The van der Waals surface area contributed by atoms with Gasteiger partial charge in [-0.2, -0.15) is 0 Å². The van der Waals surface area contributed by atoms with Crippen molar-refractivity contribution in [2.45, 2.75) is 119 Å². The zero-order chi connectivity index (χ0) is 61.6. The lowest BCUT2D eigenvalue weighted by Crippen LogP contribution is -2.61. The van der Waals surface area contributed by atoms with Crippen LogP contribution in [0.15, 0.2) is 75.8 Å². The summed E-state index contributed by atoms with van der Waals surface area (Å²) in [7, 11) is 1.93. The Kier molecular flexibility index (Phi) is 24.7. The summed E-state index contributed by atoms with van der Waals surface area (Å²) in [5.41, 5.74) is 24.1. The van der Waals surface area contributed by atoms with E-state index in [4.69, 9.17) is 22.9 Å². The Labute approximate surface area is 496 Å². The first-order valence-corrected chi connectivity index (χ1v) is 29.8. The highest BCUT2D eigenvalue weighted by molar-refractivity contribution is 8.76. The molecule has 458 valence electrons. The molecule has 0 saturated carbocycles. The molecular weight excluding hydrogens is 1140 g/mol. The van der Waals surface area contributed by atoms with E-state index < -0.39 is 139 Å². The van der Waals surface area contributed by atoms with Crippen LogP contribution < -0.4 is 70.8 Å². The van der Waals surface area contributed by atoms with Crippen LogP contribution in [0, 0.1) is 0 Å². The molecule has 19 N–H and O–H groups in total. The summed E-state index contributed by atoms with van der Waals surface area (Å²) >= 11 is 0. The van der Waals surface area contributed by atoms with Gasteiger partial charge < -0.3 is 80.9 Å². The Morgan fingerprint density at radius 2 is 1.31 bits per heavy atom. The van der Waals surface area contributed by atoms with Gasteiger partial charge in [0.1, 0.15) is 42.3 Å². The average molecular weight is 1220 g/mol. The number of guanidine groups is 2. The molecule has 2 fully saturated rings. The first kappa shape index (κ1) is 65.2. The smallest absolute Gasteiger partial charge is 0.325 e. The van der Waals surface area contributed by atoms with Crippen LogP contribution in [0.3, 0.4) is 0 Å². The second-order valence-electron chi connectivity index (χ2n) is 20.2. The minimum atomic E-state index is -1.71. The van der Waals surface area contributed by atoms with Crippen molar-refractivity contribution >= 4 is 116 Å². The molecule has 9 atom stereocenters. The molecule has 85 heavy (non-hydrogen) atoms. The Balaban J connectivity index is 1.42. The van der Waals surface area contributed by atoms with E-state index in [0.717, 1.165) is 32.5 Å². The van der Waals surface area contributed by atoms with E-state index in [1.165, 1.54) is 13.3 Å². The number of para-hydroxylation sites is 1. The molecule has 6 rings (SSSR count). The van der Waals surface area contributed by atoms with Crippen LogP contribution in [0.2, 0.25) is 0 Å². The maximum atomic E-state index is 14.8. The van der Waals surface area contributed by atoms with Gasteiger partial charge in [0, 0.05) is 67.0 Å². The number of amides is 10. The maximum absolute atomic E-state index is 14.8. The Morgan fingerprint density at radius 1 is 0.718 bits per heavy atom. The number of Topliss-reactive ketones (excluding diaryl/α,β-unsaturated/α-hetero) is 1. The maximum Gasteiger partial charge on any atom is 0.325 e. The molecular formula is C53H72N18O12S2. The predicted molar refractivity (Wildman–Crippen MR) is 317 cm³/mol. The lowest BCUT2D eigenvalue weighted by Gasteiger charge is -2.29. The SMILES string of the molecule is CC(=O)[C@@H]1CSSC[C@H](NC(=O)[C@@H](CCCN=C(N)N)N2C(=O)CNC2=O)C(=O)N[C@@H](CCC(=O)O)C(=O)N[C@@H](CC2CN=CN2)C(=O)N[C@H](Cc2ccccc2)C(=O)N[C@@H](CCCN=C(N)N)C(=O)N[C@@H](Cc2c[nH]c3ccccc23)C(=O)N1. The van der Waals surface area contributed by atoms with Crippen LogP contribution >= 0.6 is 21.6 Å². The molecule has 2 aromatic carbocycles. The fraction of sp³-hybridized carbons (Fsp3) is 0.472. The van der Waals surface area contributed by atoms with Gasteiger partial charge in [-0.25, -0.2) is 4.79 Å². The average Bonchev–Trinajstić information content (AvgIpc) is 3.65. The fourth-order valence-electron chi connectivity index (χ4n) is 9.35. The Hall–Kier alpha value is -8.94. The van der Waals surface area contributed by atoms with E-state index in [0.29, 0.717) is 16.0 Å². The number of aliphatic carboxylic acids is 1. The quantitative estimate of drug-likeness (QED) is 0.0163. The van der Waals surface area contributed by atoms with Crippen molar-refractivity contribution in [2.75, 3.05) is 37.7 Å². The van der Waals surface area contributed by atoms with Gasteiger partial charge in [0.15, 0.2) is 17.7 Å². The number of hydrogen-bond donors (Lipinski definition) is 15. The third kappa shape index (κ3) is 20.1. The van der Waals surface area contributed by atoms with Gasteiger partial charge in [-0.15, -0.1) is 0 Å². The van der Waals surface area contributed by atoms with Gasteiger partial charge >= 0.3 is 12.0 Å². The summed E-state index contributed by atoms with van der Waals surface area (Å²) < 4.78 is 0. The van der Waals surface area contributed by atoms with Crippen molar-refractivity contribution < 1.29 is 57.8 Å². The first-order valence-electron chi connectivity index (χ1n) is 27.3. The van der Waals surface area contributed by atoms with Gasteiger partial charge in [-0.1, -0.05) is 70.1 Å². The molecule has 10 amide bonds. The number of aliphatic imine (C=N–C) groups is 3. The number of hydrogen-bond acceptors (Lipinski definition) is 17. The number of rotatable bonds is 21. The minimum Gasteiger partial charge on any atom is -0.481 e. The number of carboxylic acids is 1. The number of carbonyl (C=O) groups excluding carboxylic acids is 10. The molecule has 32 heteroatoms. The van der Waals surface area contributed by atoms with Crippen LogP contribution in [0.4, 0.5) is 4.79 Å². The van der Waals surface area contributed by atoms with E-state index in [1.807, 2.05) is 18.2 Å². The number of benzene rings is 2. The van der Waals surface area contributed by atoms with E-state index in [-0.39, 0.29) is 88.0 Å². The number of fused-ring (bicyclic) bond motifs is 1. The number of carbonyl (C=O) groups is 11. The molecule has 3 aromatic rings. The summed E-state index contributed by atoms with van der Waals surface area (Å²) in [6.45, 7) is 0.982. The monoisotopic (exact) mass is 1220 g/mol. The molecule has 0 spiro atoms. The van der Waals surface area contributed by atoms with Crippen LogP contribution in [0.25, 0.3) is 10.9 Å². The van der Waals surface area contributed by atoms with Crippen LogP contribution in [-0.2, 0) is 60.8 Å². The number of nitrogens with zero attached hydrogens (tertiary/aromatic N) is 4. The Morgan fingerprint density at radius 3 is 1.95 bits per heavy atom. The van der Waals surface area contributed by atoms with Crippen molar-refractivity contribution in [3.8, 4) is 0 Å². The summed E-state index contributed by atoms with van der Waals surface area (Å²) in [5.74, 6) is -10.1. The van der Waals surface area contributed by atoms with Crippen molar-refractivity contribution in [1.29, 1.82) is 0 Å². The zero-order valence-corrected chi connectivity index (χ0v) is 48.1. The van der Waals surface area contributed by atoms with Crippen molar-refractivity contribution in [3.05, 3.63) is 71.9 Å². The molecule has 0 bridgehead atoms. The molecule has 1 unspecified atom stereocenters. The molecule has 2 saturated heterocycles.